The average molecular weight is 341 g/mol. The Morgan fingerprint density at radius 1 is 1.35 bits per heavy atom. The third kappa shape index (κ3) is 4.60. The summed E-state index contributed by atoms with van der Waals surface area (Å²) in [7, 11) is 1.74. The van der Waals surface area contributed by atoms with E-state index in [2.05, 4.69) is 35.8 Å². The molecule has 3 rings (SSSR count). The molecule has 0 radical (unpaired) electrons. The summed E-state index contributed by atoms with van der Waals surface area (Å²) in [5.74, 6) is 1.66. The van der Waals surface area contributed by atoms with Gasteiger partial charge in [0, 0.05) is 25.2 Å². The molecule has 1 heterocycles. The third-order valence-corrected chi connectivity index (χ3v) is 5.08. The van der Waals surface area contributed by atoms with Gasteiger partial charge in [-0.15, -0.1) is 12.4 Å². The smallest absolute Gasteiger partial charge is 0.122 e. The lowest BCUT2D eigenvalue weighted by Gasteiger charge is -2.33. The molecule has 1 saturated heterocycles. The summed E-state index contributed by atoms with van der Waals surface area (Å²) in [6.07, 6.45) is 3.89. The van der Waals surface area contributed by atoms with Crippen LogP contribution in [0.1, 0.15) is 30.4 Å². The molecule has 3 unspecified atom stereocenters. The van der Waals surface area contributed by atoms with Gasteiger partial charge in [0.05, 0.1) is 20.3 Å². The molecule has 1 saturated carbocycles. The van der Waals surface area contributed by atoms with Gasteiger partial charge >= 0.3 is 0 Å². The largest absolute Gasteiger partial charge is 0.496 e. The van der Waals surface area contributed by atoms with Gasteiger partial charge < -0.3 is 20.1 Å². The van der Waals surface area contributed by atoms with Crippen LogP contribution in [0.4, 0.5) is 0 Å². The molecule has 3 atom stereocenters. The molecule has 0 bridgehead atoms. The van der Waals surface area contributed by atoms with Crippen LogP contribution in [0, 0.1) is 12.8 Å². The number of halogens is 1. The maximum absolute atomic E-state index is 5.64. The predicted molar refractivity (Wildman–Crippen MR) is 95.6 cm³/mol. The molecule has 2 fully saturated rings. The summed E-state index contributed by atoms with van der Waals surface area (Å²) in [5, 5.41) is 7.39. The molecular formula is C18H29ClN2O2. The van der Waals surface area contributed by atoms with Crippen molar-refractivity contribution in [2.24, 2.45) is 5.92 Å². The van der Waals surface area contributed by atoms with E-state index in [1.807, 2.05) is 0 Å². The average Bonchev–Trinajstić information content (AvgIpc) is 3.03. The topological polar surface area (TPSA) is 42.5 Å². The van der Waals surface area contributed by atoms with Gasteiger partial charge in [0.1, 0.15) is 5.75 Å². The first kappa shape index (κ1) is 18.5. The van der Waals surface area contributed by atoms with Gasteiger partial charge in [-0.2, -0.15) is 0 Å². The van der Waals surface area contributed by atoms with E-state index in [1.165, 1.54) is 30.4 Å². The number of ether oxygens (including phenoxy) is 2. The highest BCUT2D eigenvalue weighted by molar-refractivity contribution is 5.85. The van der Waals surface area contributed by atoms with Crippen LogP contribution < -0.4 is 15.4 Å². The zero-order valence-corrected chi connectivity index (χ0v) is 15.0. The Morgan fingerprint density at radius 3 is 2.96 bits per heavy atom. The van der Waals surface area contributed by atoms with E-state index in [4.69, 9.17) is 9.47 Å². The molecule has 0 aromatic heterocycles. The quantitative estimate of drug-likeness (QED) is 0.865. The number of methoxy groups -OCH3 is 1. The number of rotatable bonds is 5. The van der Waals surface area contributed by atoms with Crippen LogP contribution >= 0.6 is 12.4 Å². The predicted octanol–water partition coefficient (Wildman–Crippen LogP) is 2.67. The van der Waals surface area contributed by atoms with Gasteiger partial charge in [-0.05, 0) is 42.9 Å². The van der Waals surface area contributed by atoms with Crippen LogP contribution in [-0.4, -0.2) is 39.0 Å². The summed E-state index contributed by atoms with van der Waals surface area (Å²) < 4.78 is 11.1. The van der Waals surface area contributed by atoms with Crippen LogP contribution in [0.3, 0.4) is 0 Å². The van der Waals surface area contributed by atoms with E-state index in [0.29, 0.717) is 18.0 Å². The second-order valence-corrected chi connectivity index (χ2v) is 6.52. The van der Waals surface area contributed by atoms with Crippen molar-refractivity contribution in [2.75, 3.05) is 26.9 Å². The maximum Gasteiger partial charge on any atom is 0.122 e. The molecule has 1 aliphatic heterocycles. The molecule has 4 nitrogen and oxygen atoms in total. The highest BCUT2D eigenvalue weighted by atomic mass is 35.5. The van der Waals surface area contributed by atoms with Gasteiger partial charge in [-0.25, -0.2) is 0 Å². The normalized spacial score (nSPS) is 27.5. The van der Waals surface area contributed by atoms with Crippen molar-refractivity contribution in [3.8, 4) is 5.75 Å². The SMILES string of the molecule is COc1cc(CNC2CCCC2C2COCCN2)ccc1C.Cl. The lowest BCUT2D eigenvalue weighted by molar-refractivity contribution is 0.0524. The number of benzene rings is 1. The number of nitrogens with one attached hydrogen (secondary N) is 2. The lowest BCUT2D eigenvalue weighted by atomic mass is 9.94. The highest BCUT2D eigenvalue weighted by Crippen LogP contribution is 2.30. The van der Waals surface area contributed by atoms with Crippen molar-refractivity contribution in [1.82, 2.24) is 10.6 Å². The van der Waals surface area contributed by atoms with E-state index >= 15 is 0 Å². The van der Waals surface area contributed by atoms with Crippen LogP contribution in [0.25, 0.3) is 0 Å². The molecule has 2 N–H and O–H groups in total. The van der Waals surface area contributed by atoms with Crippen molar-refractivity contribution in [3.63, 3.8) is 0 Å². The summed E-state index contributed by atoms with van der Waals surface area (Å²) in [5.41, 5.74) is 2.48. The minimum Gasteiger partial charge on any atom is -0.496 e. The van der Waals surface area contributed by atoms with E-state index in [0.717, 1.165) is 32.1 Å². The molecule has 23 heavy (non-hydrogen) atoms. The van der Waals surface area contributed by atoms with Crippen LogP contribution in [0.5, 0.6) is 5.75 Å². The molecule has 1 aromatic rings. The van der Waals surface area contributed by atoms with E-state index in [9.17, 15) is 0 Å². The zero-order chi connectivity index (χ0) is 15.4. The van der Waals surface area contributed by atoms with Crippen molar-refractivity contribution >= 4 is 12.4 Å². The highest BCUT2D eigenvalue weighted by Gasteiger charge is 2.34. The van der Waals surface area contributed by atoms with Crippen molar-refractivity contribution in [3.05, 3.63) is 29.3 Å². The van der Waals surface area contributed by atoms with E-state index in [1.54, 1.807) is 7.11 Å². The minimum absolute atomic E-state index is 0. The molecule has 1 aromatic carbocycles. The standard InChI is InChI=1S/C18H28N2O2.ClH/c1-13-6-7-14(10-18(13)21-2)11-20-16-5-3-4-15(16)17-12-22-9-8-19-17;/h6-7,10,15-17,19-20H,3-5,8-9,11-12H2,1-2H3;1H. The van der Waals surface area contributed by atoms with Gasteiger partial charge in [0.2, 0.25) is 0 Å². The zero-order valence-electron chi connectivity index (χ0n) is 14.1. The summed E-state index contributed by atoms with van der Waals surface area (Å²) in [6, 6.07) is 7.58. The third-order valence-electron chi connectivity index (χ3n) is 5.08. The maximum atomic E-state index is 5.64. The summed E-state index contributed by atoms with van der Waals surface area (Å²) >= 11 is 0. The van der Waals surface area contributed by atoms with E-state index in [-0.39, 0.29) is 12.4 Å². The van der Waals surface area contributed by atoms with Crippen molar-refractivity contribution in [2.45, 2.75) is 44.8 Å². The van der Waals surface area contributed by atoms with Gasteiger partial charge in [-0.1, -0.05) is 18.6 Å². The number of hydrogen-bond donors (Lipinski definition) is 2. The Bertz CT molecular complexity index is 492. The van der Waals surface area contributed by atoms with Crippen LogP contribution in [-0.2, 0) is 11.3 Å². The number of morpholine rings is 1. The molecule has 5 heteroatoms. The molecular weight excluding hydrogens is 312 g/mol. The number of aryl methyl sites for hydroxylation is 1. The fraction of sp³-hybridized carbons (Fsp3) is 0.667. The Morgan fingerprint density at radius 2 is 2.22 bits per heavy atom. The van der Waals surface area contributed by atoms with Crippen molar-refractivity contribution in [1.29, 1.82) is 0 Å². The van der Waals surface area contributed by atoms with Crippen LogP contribution in [0.2, 0.25) is 0 Å². The lowest BCUT2D eigenvalue weighted by Crippen LogP contribution is -2.50. The summed E-state index contributed by atoms with van der Waals surface area (Å²) in [4.78, 5) is 0. The Hall–Kier alpha value is -0.810. The second kappa shape index (κ2) is 8.88. The van der Waals surface area contributed by atoms with Gasteiger partial charge in [0.15, 0.2) is 0 Å². The Labute approximate surface area is 145 Å². The first-order valence-corrected chi connectivity index (χ1v) is 8.46. The molecule has 0 amide bonds. The first-order chi connectivity index (χ1) is 10.8. The first-order valence-electron chi connectivity index (χ1n) is 8.46. The van der Waals surface area contributed by atoms with Crippen LogP contribution in [0.15, 0.2) is 18.2 Å². The molecule has 1 aliphatic carbocycles. The Kier molecular flexibility index (Phi) is 7.15. The van der Waals surface area contributed by atoms with E-state index < -0.39 is 0 Å². The second-order valence-electron chi connectivity index (χ2n) is 6.52. The fourth-order valence-corrected chi connectivity index (χ4v) is 3.81. The Balaban J connectivity index is 0.00000192. The molecule has 130 valence electrons. The molecule has 2 aliphatic rings. The van der Waals surface area contributed by atoms with Gasteiger partial charge in [0.25, 0.3) is 0 Å². The minimum atomic E-state index is 0. The monoisotopic (exact) mass is 340 g/mol. The van der Waals surface area contributed by atoms with Crippen molar-refractivity contribution < 1.29 is 9.47 Å². The van der Waals surface area contributed by atoms with Gasteiger partial charge in [-0.3, -0.25) is 0 Å². The fourth-order valence-electron chi connectivity index (χ4n) is 3.81. The number of hydrogen-bond acceptors (Lipinski definition) is 4. The summed E-state index contributed by atoms with van der Waals surface area (Å²) in [6.45, 7) is 5.69. The molecule has 0 spiro atoms.